The SMILES string of the molecule is O=C(c1ccn2nnnc2c1)N1CCC1C(F)(F)F. The third kappa shape index (κ3) is 1.90. The molecule has 0 spiro atoms. The van der Waals surface area contributed by atoms with Crippen molar-refractivity contribution in [1.82, 2.24) is 24.9 Å². The van der Waals surface area contributed by atoms with Gasteiger partial charge in [0, 0.05) is 18.3 Å². The molecule has 0 aliphatic carbocycles. The number of hydrogen-bond acceptors (Lipinski definition) is 4. The molecule has 1 saturated heterocycles. The summed E-state index contributed by atoms with van der Waals surface area (Å²) in [5.41, 5.74) is 0.464. The van der Waals surface area contributed by atoms with Crippen LogP contribution in [0.1, 0.15) is 16.8 Å². The van der Waals surface area contributed by atoms with Gasteiger partial charge in [-0.25, -0.2) is 4.52 Å². The zero-order valence-corrected chi connectivity index (χ0v) is 9.50. The van der Waals surface area contributed by atoms with Crippen molar-refractivity contribution in [3.8, 4) is 0 Å². The summed E-state index contributed by atoms with van der Waals surface area (Å²) in [4.78, 5) is 12.8. The number of likely N-dealkylation sites (tertiary alicyclic amines) is 1. The van der Waals surface area contributed by atoms with Gasteiger partial charge in [0.15, 0.2) is 5.65 Å². The Morgan fingerprint density at radius 1 is 1.42 bits per heavy atom. The highest BCUT2D eigenvalue weighted by Gasteiger charge is 2.50. The molecule has 1 atom stereocenters. The van der Waals surface area contributed by atoms with E-state index in [9.17, 15) is 18.0 Å². The molecule has 0 saturated carbocycles. The number of fused-ring (bicyclic) bond motifs is 1. The van der Waals surface area contributed by atoms with Crippen molar-refractivity contribution in [3.05, 3.63) is 23.9 Å². The molecule has 19 heavy (non-hydrogen) atoms. The number of halogens is 3. The quantitative estimate of drug-likeness (QED) is 0.773. The van der Waals surface area contributed by atoms with Gasteiger partial charge in [-0.3, -0.25) is 4.79 Å². The van der Waals surface area contributed by atoms with Gasteiger partial charge < -0.3 is 4.90 Å². The van der Waals surface area contributed by atoms with E-state index in [2.05, 4.69) is 15.5 Å². The summed E-state index contributed by atoms with van der Waals surface area (Å²) >= 11 is 0. The molecule has 100 valence electrons. The molecule has 6 nitrogen and oxygen atoms in total. The number of carbonyl (C=O) groups excluding carboxylic acids is 1. The first-order chi connectivity index (χ1) is 8.97. The molecule has 2 aromatic rings. The summed E-state index contributed by atoms with van der Waals surface area (Å²) < 4.78 is 39.1. The predicted octanol–water partition coefficient (Wildman–Crippen LogP) is 0.901. The highest BCUT2D eigenvalue weighted by molar-refractivity contribution is 5.95. The molecule has 0 aromatic carbocycles. The highest BCUT2D eigenvalue weighted by atomic mass is 19.4. The monoisotopic (exact) mass is 271 g/mol. The number of tetrazole rings is 1. The fourth-order valence-electron chi connectivity index (χ4n) is 2.01. The average Bonchev–Trinajstić information content (AvgIpc) is 2.71. The first-order valence-corrected chi connectivity index (χ1v) is 5.52. The van der Waals surface area contributed by atoms with Crippen molar-refractivity contribution in [2.24, 2.45) is 0 Å². The molecular formula is C10H8F3N5O. The van der Waals surface area contributed by atoms with E-state index in [1.165, 1.54) is 22.8 Å². The normalized spacial score (nSPS) is 19.5. The molecule has 1 aliphatic rings. The number of alkyl halides is 3. The van der Waals surface area contributed by atoms with Crippen molar-refractivity contribution in [2.75, 3.05) is 6.54 Å². The highest BCUT2D eigenvalue weighted by Crippen LogP contribution is 2.34. The lowest BCUT2D eigenvalue weighted by molar-refractivity contribution is -0.199. The molecule has 3 rings (SSSR count). The Morgan fingerprint density at radius 3 is 2.84 bits per heavy atom. The predicted molar refractivity (Wildman–Crippen MR) is 56.3 cm³/mol. The lowest BCUT2D eigenvalue weighted by Gasteiger charge is -2.41. The maximum absolute atomic E-state index is 12.6. The Balaban J connectivity index is 1.87. The van der Waals surface area contributed by atoms with Crippen molar-refractivity contribution in [1.29, 1.82) is 0 Å². The van der Waals surface area contributed by atoms with Crippen LogP contribution in [0.15, 0.2) is 18.3 Å². The van der Waals surface area contributed by atoms with E-state index in [4.69, 9.17) is 0 Å². The van der Waals surface area contributed by atoms with E-state index in [0.29, 0.717) is 5.65 Å². The van der Waals surface area contributed by atoms with Crippen molar-refractivity contribution in [2.45, 2.75) is 18.6 Å². The van der Waals surface area contributed by atoms with E-state index in [1.807, 2.05) is 0 Å². The summed E-state index contributed by atoms with van der Waals surface area (Å²) in [7, 11) is 0. The third-order valence-corrected chi connectivity index (χ3v) is 3.10. The third-order valence-electron chi connectivity index (χ3n) is 3.10. The van der Waals surface area contributed by atoms with Gasteiger partial charge in [-0.15, -0.1) is 5.10 Å². The number of aromatic nitrogens is 4. The minimum Gasteiger partial charge on any atom is -0.326 e. The molecule has 2 aromatic heterocycles. The second-order valence-corrected chi connectivity index (χ2v) is 4.24. The Hall–Kier alpha value is -2.19. The van der Waals surface area contributed by atoms with E-state index in [0.717, 1.165) is 4.90 Å². The summed E-state index contributed by atoms with van der Waals surface area (Å²) in [6.45, 7) is 0.110. The molecule has 3 heterocycles. The second kappa shape index (κ2) is 3.90. The number of nitrogens with zero attached hydrogens (tertiary/aromatic N) is 5. The van der Waals surface area contributed by atoms with Gasteiger partial charge in [0.2, 0.25) is 0 Å². The molecule has 9 heteroatoms. The maximum atomic E-state index is 12.6. The standard InChI is InChI=1S/C10H8F3N5O/c11-10(12,13)7-2-3-17(7)9(19)6-1-4-18-8(5-6)14-15-16-18/h1,4-5,7H,2-3H2. The molecule has 1 aliphatic heterocycles. The van der Waals surface area contributed by atoms with Crippen molar-refractivity contribution < 1.29 is 18.0 Å². The van der Waals surface area contributed by atoms with Crippen LogP contribution in [0.5, 0.6) is 0 Å². The van der Waals surface area contributed by atoms with E-state index in [-0.39, 0.29) is 18.5 Å². The summed E-state index contributed by atoms with van der Waals surface area (Å²) in [5.74, 6) is -0.654. The van der Waals surface area contributed by atoms with Crippen LogP contribution in [-0.4, -0.2) is 49.6 Å². The maximum Gasteiger partial charge on any atom is 0.408 e. The van der Waals surface area contributed by atoms with Crippen molar-refractivity contribution >= 4 is 11.6 Å². The van der Waals surface area contributed by atoms with Gasteiger partial charge in [-0.2, -0.15) is 13.2 Å². The van der Waals surface area contributed by atoms with Crippen LogP contribution in [0.3, 0.4) is 0 Å². The number of rotatable bonds is 1. The molecule has 0 bridgehead atoms. The number of pyridine rings is 1. The zero-order chi connectivity index (χ0) is 13.6. The van der Waals surface area contributed by atoms with Gasteiger partial charge in [0.05, 0.1) is 0 Å². The van der Waals surface area contributed by atoms with Gasteiger partial charge in [-0.05, 0) is 29.0 Å². The molecule has 1 unspecified atom stereocenters. The summed E-state index contributed by atoms with van der Waals surface area (Å²) in [6.07, 6.45) is -3.00. The Kier molecular flexibility index (Phi) is 2.44. The lowest BCUT2D eigenvalue weighted by Crippen LogP contribution is -2.58. The van der Waals surface area contributed by atoms with Gasteiger partial charge in [-0.1, -0.05) is 0 Å². The number of amides is 1. The van der Waals surface area contributed by atoms with Crippen LogP contribution >= 0.6 is 0 Å². The number of hydrogen-bond donors (Lipinski definition) is 0. The first kappa shape index (κ1) is 11.9. The molecule has 0 N–H and O–H groups in total. The Bertz CT molecular complexity index is 637. The molecule has 1 fully saturated rings. The van der Waals surface area contributed by atoms with Crippen LogP contribution in [0.2, 0.25) is 0 Å². The first-order valence-electron chi connectivity index (χ1n) is 5.52. The smallest absolute Gasteiger partial charge is 0.326 e. The Labute approximate surface area is 104 Å². The molecular weight excluding hydrogens is 263 g/mol. The average molecular weight is 271 g/mol. The molecule has 1 amide bonds. The van der Waals surface area contributed by atoms with Crippen LogP contribution in [0.4, 0.5) is 13.2 Å². The minimum absolute atomic E-state index is 0.0516. The fraction of sp³-hybridized carbons (Fsp3) is 0.400. The van der Waals surface area contributed by atoms with Crippen LogP contribution in [0.25, 0.3) is 5.65 Å². The van der Waals surface area contributed by atoms with Crippen LogP contribution in [-0.2, 0) is 0 Å². The second-order valence-electron chi connectivity index (χ2n) is 4.24. The van der Waals surface area contributed by atoms with E-state index >= 15 is 0 Å². The van der Waals surface area contributed by atoms with Gasteiger partial charge >= 0.3 is 6.18 Å². The fourth-order valence-corrected chi connectivity index (χ4v) is 2.01. The van der Waals surface area contributed by atoms with Gasteiger partial charge in [0.1, 0.15) is 6.04 Å². The number of carbonyl (C=O) groups is 1. The van der Waals surface area contributed by atoms with Gasteiger partial charge in [0.25, 0.3) is 5.91 Å². The van der Waals surface area contributed by atoms with E-state index in [1.54, 1.807) is 0 Å². The summed E-state index contributed by atoms with van der Waals surface area (Å²) in [6, 6.07) is 1.08. The van der Waals surface area contributed by atoms with Crippen molar-refractivity contribution in [3.63, 3.8) is 0 Å². The topological polar surface area (TPSA) is 63.4 Å². The Morgan fingerprint density at radius 2 is 2.21 bits per heavy atom. The lowest BCUT2D eigenvalue weighted by atomic mass is 10.0. The zero-order valence-electron chi connectivity index (χ0n) is 9.50. The van der Waals surface area contributed by atoms with E-state index < -0.39 is 18.1 Å². The van der Waals surface area contributed by atoms with Crippen LogP contribution in [0, 0.1) is 0 Å². The molecule has 0 radical (unpaired) electrons. The van der Waals surface area contributed by atoms with Crippen LogP contribution < -0.4 is 0 Å². The largest absolute Gasteiger partial charge is 0.408 e. The summed E-state index contributed by atoms with van der Waals surface area (Å²) in [5, 5.41) is 10.6. The minimum atomic E-state index is -4.38.